The minimum absolute atomic E-state index is 0.0240. The van der Waals surface area contributed by atoms with E-state index in [1.54, 1.807) is 32.2 Å². The van der Waals surface area contributed by atoms with Crippen LogP contribution in [0.4, 0.5) is 5.69 Å². The summed E-state index contributed by atoms with van der Waals surface area (Å²) in [5.74, 6) is -1.09. The summed E-state index contributed by atoms with van der Waals surface area (Å²) in [4.78, 5) is 25.8. The quantitative estimate of drug-likeness (QED) is 0.698. The minimum atomic E-state index is -3.89. The molecule has 2 aromatic carbocycles. The molecular weight excluding hydrogens is 392 g/mol. The molecule has 1 N–H and O–H groups in total. The lowest BCUT2D eigenvalue weighted by molar-refractivity contribution is -0.134. The molecule has 0 bridgehead atoms. The molecule has 0 unspecified atom stereocenters. The Kier molecular flexibility index (Phi) is 7.02. The molecule has 1 amide bonds. The number of rotatable bonds is 7. The number of anilines is 1. The SMILES string of the molecule is Cc1cccc(NS(=O)(=O)c2ccc(C)c(C(=O)OCC(=O)N(C)C(C)C)c2)c1. The molecule has 0 aliphatic carbocycles. The second-order valence-electron chi connectivity index (χ2n) is 7.13. The van der Waals surface area contributed by atoms with Crippen molar-refractivity contribution >= 4 is 27.6 Å². The summed E-state index contributed by atoms with van der Waals surface area (Å²) in [5, 5.41) is 0. The van der Waals surface area contributed by atoms with Crippen LogP contribution in [0.5, 0.6) is 0 Å². The van der Waals surface area contributed by atoms with Crippen molar-refractivity contribution < 1.29 is 22.7 Å². The predicted molar refractivity (Wildman–Crippen MR) is 111 cm³/mol. The summed E-state index contributed by atoms with van der Waals surface area (Å²) in [6.07, 6.45) is 0. The van der Waals surface area contributed by atoms with Gasteiger partial charge in [0.25, 0.3) is 15.9 Å². The molecule has 8 heteroatoms. The summed E-state index contributed by atoms with van der Waals surface area (Å²) in [6, 6.07) is 11.1. The number of hydrogen-bond acceptors (Lipinski definition) is 5. The van der Waals surface area contributed by atoms with Crippen molar-refractivity contribution in [3.05, 3.63) is 59.2 Å². The number of esters is 1. The highest BCUT2D eigenvalue weighted by Gasteiger charge is 2.21. The lowest BCUT2D eigenvalue weighted by atomic mass is 10.1. The van der Waals surface area contributed by atoms with Crippen LogP contribution in [0.1, 0.15) is 35.3 Å². The molecule has 0 aliphatic rings. The van der Waals surface area contributed by atoms with Crippen molar-refractivity contribution in [1.29, 1.82) is 0 Å². The molecule has 29 heavy (non-hydrogen) atoms. The molecule has 0 spiro atoms. The average Bonchev–Trinajstić information content (AvgIpc) is 2.64. The summed E-state index contributed by atoms with van der Waals surface area (Å²) >= 11 is 0. The highest BCUT2D eigenvalue weighted by molar-refractivity contribution is 7.92. The number of carbonyl (C=O) groups excluding carboxylic acids is 2. The number of carbonyl (C=O) groups is 2. The number of amides is 1. The van der Waals surface area contributed by atoms with Crippen molar-refractivity contribution in [3.63, 3.8) is 0 Å². The Morgan fingerprint density at radius 1 is 1.10 bits per heavy atom. The maximum absolute atomic E-state index is 12.7. The van der Waals surface area contributed by atoms with E-state index in [4.69, 9.17) is 4.74 Å². The van der Waals surface area contributed by atoms with E-state index in [1.807, 2.05) is 26.8 Å². The third kappa shape index (κ3) is 5.80. The summed E-state index contributed by atoms with van der Waals surface area (Å²) in [7, 11) is -2.27. The van der Waals surface area contributed by atoms with Crippen LogP contribution >= 0.6 is 0 Å². The van der Waals surface area contributed by atoms with Gasteiger partial charge in [-0.25, -0.2) is 13.2 Å². The molecule has 0 heterocycles. The summed E-state index contributed by atoms with van der Waals surface area (Å²) in [6.45, 7) is 6.81. The van der Waals surface area contributed by atoms with Crippen LogP contribution in [-0.2, 0) is 19.6 Å². The maximum Gasteiger partial charge on any atom is 0.338 e. The zero-order valence-electron chi connectivity index (χ0n) is 17.2. The van der Waals surface area contributed by atoms with Gasteiger partial charge in [-0.15, -0.1) is 0 Å². The fourth-order valence-corrected chi connectivity index (χ4v) is 3.58. The molecule has 0 saturated heterocycles. The molecule has 0 saturated carbocycles. The van der Waals surface area contributed by atoms with E-state index in [0.717, 1.165) is 5.56 Å². The second kappa shape index (κ2) is 9.09. The van der Waals surface area contributed by atoms with Gasteiger partial charge in [-0.05, 0) is 63.1 Å². The molecule has 2 aromatic rings. The first-order valence-electron chi connectivity index (χ1n) is 9.14. The van der Waals surface area contributed by atoms with Gasteiger partial charge >= 0.3 is 5.97 Å². The highest BCUT2D eigenvalue weighted by Crippen LogP contribution is 2.20. The Balaban J connectivity index is 2.20. The van der Waals surface area contributed by atoms with E-state index in [9.17, 15) is 18.0 Å². The lowest BCUT2D eigenvalue weighted by Gasteiger charge is -2.21. The number of ether oxygens (including phenoxy) is 1. The van der Waals surface area contributed by atoms with Crippen LogP contribution in [0.25, 0.3) is 0 Å². The van der Waals surface area contributed by atoms with Crippen molar-refractivity contribution in [2.75, 3.05) is 18.4 Å². The standard InChI is InChI=1S/C21H26N2O5S/c1-14(2)23(5)20(24)13-28-21(25)19-12-18(10-9-16(19)4)29(26,27)22-17-8-6-7-15(3)11-17/h6-12,14,22H,13H2,1-5H3. The molecular formula is C21H26N2O5S. The first-order chi connectivity index (χ1) is 13.5. The predicted octanol–water partition coefficient (Wildman–Crippen LogP) is 3.13. The molecule has 7 nitrogen and oxygen atoms in total. The number of sulfonamides is 1. The topological polar surface area (TPSA) is 92.8 Å². The van der Waals surface area contributed by atoms with Gasteiger partial charge < -0.3 is 9.64 Å². The van der Waals surface area contributed by atoms with Crippen LogP contribution in [-0.4, -0.2) is 44.9 Å². The third-order valence-corrected chi connectivity index (χ3v) is 5.88. The second-order valence-corrected chi connectivity index (χ2v) is 8.81. The molecule has 0 aromatic heterocycles. The maximum atomic E-state index is 12.7. The number of aryl methyl sites for hydroxylation is 2. The van der Waals surface area contributed by atoms with E-state index >= 15 is 0 Å². The monoisotopic (exact) mass is 418 g/mol. The molecule has 156 valence electrons. The number of hydrogen-bond donors (Lipinski definition) is 1. The Hall–Kier alpha value is -2.87. The van der Waals surface area contributed by atoms with E-state index in [2.05, 4.69) is 4.72 Å². The summed E-state index contributed by atoms with van der Waals surface area (Å²) < 4.78 is 33.0. The van der Waals surface area contributed by atoms with Crippen LogP contribution in [0, 0.1) is 13.8 Å². The van der Waals surface area contributed by atoms with Gasteiger partial charge in [-0.2, -0.15) is 0 Å². The fourth-order valence-electron chi connectivity index (χ4n) is 2.51. The van der Waals surface area contributed by atoms with Gasteiger partial charge in [-0.1, -0.05) is 18.2 Å². The number of likely N-dealkylation sites (N-methyl/N-ethyl adjacent to an activating group) is 1. The largest absolute Gasteiger partial charge is 0.452 e. The Morgan fingerprint density at radius 3 is 2.41 bits per heavy atom. The van der Waals surface area contributed by atoms with Crippen molar-refractivity contribution in [1.82, 2.24) is 4.90 Å². The third-order valence-electron chi connectivity index (χ3n) is 4.50. The minimum Gasteiger partial charge on any atom is -0.452 e. The number of nitrogens with zero attached hydrogens (tertiary/aromatic N) is 1. The Morgan fingerprint density at radius 2 is 1.79 bits per heavy atom. The van der Waals surface area contributed by atoms with Crippen LogP contribution in [0.15, 0.2) is 47.4 Å². The average molecular weight is 419 g/mol. The molecule has 2 rings (SSSR count). The number of nitrogens with one attached hydrogen (secondary N) is 1. The molecule has 0 aliphatic heterocycles. The zero-order valence-corrected chi connectivity index (χ0v) is 18.0. The van der Waals surface area contributed by atoms with Gasteiger partial charge in [0.2, 0.25) is 0 Å². The van der Waals surface area contributed by atoms with Gasteiger partial charge in [-0.3, -0.25) is 9.52 Å². The van der Waals surface area contributed by atoms with Crippen molar-refractivity contribution in [2.24, 2.45) is 0 Å². The smallest absolute Gasteiger partial charge is 0.338 e. The molecule has 0 atom stereocenters. The van der Waals surface area contributed by atoms with E-state index in [1.165, 1.54) is 23.1 Å². The van der Waals surface area contributed by atoms with Gasteiger partial charge in [0, 0.05) is 18.8 Å². The summed E-state index contributed by atoms with van der Waals surface area (Å²) in [5.41, 5.74) is 1.98. The van der Waals surface area contributed by atoms with E-state index < -0.39 is 22.6 Å². The first-order valence-corrected chi connectivity index (χ1v) is 10.6. The van der Waals surface area contributed by atoms with Crippen LogP contribution < -0.4 is 4.72 Å². The fraction of sp³-hybridized carbons (Fsp3) is 0.333. The first kappa shape index (κ1) is 22.4. The normalized spacial score (nSPS) is 11.2. The lowest BCUT2D eigenvalue weighted by Crippen LogP contribution is -2.36. The van der Waals surface area contributed by atoms with Crippen molar-refractivity contribution in [3.8, 4) is 0 Å². The van der Waals surface area contributed by atoms with Gasteiger partial charge in [0.05, 0.1) is 10.5 Å². The van der Waals surface area contributed by atoms with Crippen LogP contribution in [0.2, 0.25) is 0 Å². The van der Waals surface area contributed by atoms with Crippen LogP contribution in [0.3, 0.4) is 0 Å². The Bertz CT molecular complexity index is 1020. The Labute approximate surface area is 171 Å². The van der Waals surface area contributed by atoms with Crippen molar-refractivity contribution in [2.45, 2.75) is 38.6 Å². The number of benzene rings is 2. The molecule has 0 radical (unpaired) electrons. The van der Waals surface area contributed by atoms with Gasteiger partial charge in [0.15, 0.2) is 6.61 Å². The van der Waals surface area contributed by atoms with E-state index in [0.29, 0.717) is 11.3 Å². The van der Waals surface area contributed by atoms with Gasteiger partial charge in [0.1, 0.15) is 0 Å². The molecule has 0 fully saturated rings. The zero-order chi connectivity index (χ0) is 21.8. The van der Waals surface area contributed by atoms with E-state index in [-0.39, 0.29) is 22.4 Å². The highest BCUT2D eigenvalue weighted by atomic mass is 32.2.